The van der Waals surface area contributed by atoms with Crippen LogP contribution in [0, 0.1) is 0 Å². The Hall–Kier alpha value is -1.39. The van der Waals surface area contributed by atoms with Crippen LogP contribution in [0.2, 0.25) is 0 Å². The van der Waals surface area contributed by atoms with Crippen LogP contribution in [0.1, 0.15) is 76.0 Å². The second kappa shape index (κ2) is 6.25. The highest BCUT2D eigenvalue weighted by molar-refractivity contribution is 7.85. The highest BCUT2D eigenvalue weighted by Gasteiger charge is 2.21. The van der Waals surface area contributed by atoms with Gasteiger partial charge in [0.2, 0.25) is 0 Å². The van der Waals surface area contributed by atoms with Gasteiger partial charge in [0.15, 0.2) is 0 Å². The molecule has 0 heterocycles. The molecule has 0 aliphatic heterocycles. The Balaban J connectivity index is 2.96. The van der Waals surface area contributed by atoms with E-state index in [0.717, 1.165) is 10.8 Å². The van der Waals surface area contributed by atoms with Gasteiger partial charge in [-0.15, -0.1) is 0 Å². The molecule has 0 aromatic heterocycles. The van der Waals surface area contributed by atoms with Gasteiger partial charge in [0.25, 0.3) is 10.1 Å². The number of hydrogen-bond donors (Lipinski definition) is 1. The van der Waals surface area contributed by atoms with E-state index in [1.807, 2.05) is 26.0 Å². The topological polar surface area (TPSA) is 54.4 Å². The molecule has 0 bridgehead atoms. The van der Waals surface area contributed by atoms with Gasteiger partial charge in [0.1, 0.15) is 0 Å². The summed E-state index contributed by atoms with van der Waals surface area (Å²) in [5.74, 6) is 0.757. The van der Waals surface area contributed by atoms with E-state index in [4.69, 9.17) is 0 Å². The Kier molecular flexibility index (Phi) is 4.88. The van der Waals surface area contributed by atoms with Crippen LogP contribution in [0.15, 0.2) is 29.2 Å². The first-order chi connectivity index (χ1) is 10.5. The third kappa shape index (κ3) is 3.43. The SMILES string of the molecule is CC(C)c1cc2c(C(C)C)c(C(C)C)ccc2cc1S(=O)(=O)O. The summed E-state index contributed by atoms with van der Waals surface area (Å²) in [7, 11) is -4.23. The third-order valence-corrected chi connectivity index (χ3v) is 5.23. The molecule has 23 heavy (non-hydrogen) atoms. The van der Waals surface area contributed by atoms with Crippen LogP contribution in [0.3, 0.4) is 0 Å². The zero-order chi connectivity index (χ0) is 17.5. The lowest BCUT2D eigenvalue weighted by Crippen LogP contribution is -2.06. The van der Waals surface area contributed by atoms with Crippen LogP contribution < -0.4 is 0 Å². The van der Waals surface area contributed by atoms with Crippen LogP contribution in [-0.4, -0.2) is 13.0 Å². The van der Waals surface area contributed by atoms with E-state index in [1.165, 1.54) is 11.1 Å². The minimum absolute atomic E-state index is 0.0130. The van der Waals surface area contributed by atoms with Crippen molar-refractivity contribution < 1.29 is 13.0 Å². The molecule has 0 radical (unpaired) electrons. The molecule has 2 aromatic rings. The molecule has 0 aliphatic carbocycles. The summed E-state index contributed by atoms with van der Waals surface area (Å²) in [5.41, 5.74) is 3.23. The first-order valence-electron chi connectivity index (χ1n) is 8.12. The lowest BCUT2D eigenvalue weighted by molar-refractivity contribution is 0.481. The van der Waals surface area contributed by atoms with Crippen molar-refractivity contribution in [3.63, 3.8) is 0 Å². The van der Waals surface area contributed by atoms with Gasteiger partial charge in [-0.1, -0.05) is 53.7 Å². The minimum atomic E-state index is -4.23. The summed E-state index contributed by atoms with van der Waals surface area (Å²) >= 11 is 0. The highest BCUT2D eigenvalue weighted by atomic mass is 32.2. The zero-order valence-corrected chi connectivity index (χ0v) is 15.5. The van der Waals surface area contributed by atoms with E-state index in [2.05, 4.69) is 33.8 Å². The Morgan fingerprint density at radius 2 is 1.39 bits per heavy atom. The van der Waals surface area contributed by atoms with Gasteiger partial charge in [-0.05, 0) is 57.3 Å². The number of fused-ring (bicyclic) bond motifs is 1. The van der Waals surface area contributed by atoms with Gasteiger partial charge in [-0.2, -0.15) is 8.42 Å². The first kappa shape index (κ1) is 18.0. The summed E-state index contributed by atoms with van der Waals surface area (Å²) in [6, 6.07) is 7.58. The minimum Gasteiger partial charge on any atom is -0.282 e. The molecule has 3 nitrogen and oxygen atoms in total. The molecular weight excluding hydrogens is 308 g/mol. The maximum atomic E-state index is 11.8. The van der Waals surface area contributed by atoms with Crippen LogP contribution in [0.4, 0.5) is 0 Å². The van der Waals surface area contributed by atoms with Gasteiger partial charge < -0.3 is 0 Å². The van der Waals surface area contributed by atoms with Crippen LogP contribution in [-0.2, 0) is 10.1 Å². The molecule has 0 saturated heterocycles. The molecule has 0 amide bonds. The lowest BCUT2D eigenvalue weighted by Gasteiger charge is -2.21. The van der Waals surface area contributed by atoms with Crippen molar-refractivity contribution >= 4 is 20.9 Å². The molecular formula is C19H26O3S. The van der Waals surface area contributed by atoms with E-state index in [1.54, 1.807) is 6.07 Å². The van der Waals surface area contributed by atoms with Crippen LogP contribution in [0.25, 0.3) is 10.8 Å². The maximum absolute atomic E-state index is 11.8. The first-order valence-corrected chi connectivity index (χ1v) is 9.56. The normalized spacial score (nSPS) is 12.8. The van der Waals surface area contributed by atoms with Crippen molar-refractivity contribution in [2.24, 2.45) is 0 Å². The largest absolute Gasteiger partial charge is 0.294 e. The molecule has 0 saturated carbocycles. The van der Waals surface area contributed by atoms with Gasteiger partial charge in [-0.3, -0.25) is 4.55 Å². The molecule has 126 valence electrons. The summed E-state index contributed by atoms with van der Waals surface area (Å²) in [5, 5.41) is 1.94. The molecule has 2 rings (SSSR count). The predicted molar refractivity (Wildman–Crippen MR) is 96.0 cm³/mol. The number of hydrogen-bond acceptors (Lipinski definition) is 2. The standard InChI is InChI=1S/C19H26O3S/c1-11(2)15-8-7-14-9-18(23(20,21)22)16(12(3)4)10-17(14)19(15)13(5)6/h7-13H,1-6H3,(H,20,21,22). The van der Waals surface area contributed by atoms with E-state index in [9.17, 15) is 13.0 Å². The zero-order valence-electron chi connectivity index (χ0n) is 14.7. The quantitative estimate of drug-likeness (QED) is 0.756. The monoisotopic (exact) mass is 334 g/mol. The molecule has 4 heteroatoms. The van der Waals surface area contributed by atoms with Crippen molar-refractivity contribution in [3.05, 3.63) is 41.0 Å². The fourth-order valence-electron chi connectivity index (χ4n) is 3.23. The van der Waals surface area contributed by atoms with Crippen molar-refractivity contribution in [2.45, 2.75) is 64.2 Å². The molecule has 2 aromatic carbocycles. The highest BCUT2D eigenvalue weighted by Crippen LogP contribution is 2.37. The van der Waals surface area contributed by atoms with Gasteiger partial charge in [0, 0.05) is 0 Å². The Morgan fingerprint density at radius 3 is 1.83 bits per heavy atom. The average molecular weight is 334 g/mol. The molecule has 1 N–H and O–H groups in total. The summed E-state index contributed by atoms with van der Waals surface area (Å²) in [6.45, 7) is 12.5. The van der Waals surface area contributed by atoms with Crippen molar-refractivity contribution in [1.82, 2.24) is 0 Å². The summed E-state index contributed by atoms with van der Waals surface area (Å²) in [4.78, 5) is 0.0204. The molecule has 0 atom stereocenters. The van der Waals surface area contributed by atoms with E-state index >= 15 is 0 Å². The van der Waals surface area contributed by atoms with Gasteiger partial charge in [0.05, 0.1) is 4.90 Å². The smallest absolute Gasteiger partial charge is 0.282 e. The molecule has 0 aliphatic rings. The summed E-state index contributed by atoms with van der Waals surface area (Å²) < 4.78 is 33.1. The lowest BCUT2D eigenvalue weighted by atomic mass is 9.85. The second-order valence-electron chi connectivity index (χ2n) is 7.12. The van der Waals surface area contributed by atoms with Crippen molar-refractivity contribution in [1.29, 1.82) is 0 Å². The molecule has 0 unspecified atom stereocenters. The van der Waals surface area contributed by atoms with Crippen LogP contribution >= 0.6 is 0 Å². The fourth-order valence-corrected chi connectivity index (χ4v) is 4.10. The predicted octanol–water partition coefficient (Wildman–Crippen LogP) is 5.46. The number of benzene rings is 2. The Bertz CT molecular complexity index is 831. The second-order valence-corrected chi connectivity index (χ2v) is 8.51. The van der Waals surface area contributed by atoms with E-state index in [-0.39, 0.29) is 10.8 Å². The Labute approximate surface area is 139 Å². The molecule has 0 spiro atoms. The average Bonchev–Trinajstić information content (AvgIpc) is 2.42. The van der Waals surface area contributed by atoms with E-state index in [0.29, 0.717) is 17.4 Å². The third-order valence-electron chi connectivity index (χ3n) is 4.32. The van der Waals surface area contributed by atoms with Crippen molar-refractivity contribution in [3.8, 4) is 0 Å². The molecule has 0 fully saturated rings. The number of rotatable bonds is 4. The fraction of sp³-hybridized carbons (Fsp3) is 0.474. The summed E-state index contributed by atoms with van der Waals surface area (Å²) in [6.07, 6.45) is 0. The van der Waals surface area contributed by atoms with Crippen LogP contribution in [0.5, 0.6) is 0 Å². The van der Waals surface area contributed by atoms with Crippen molar-refractivity contribution in [2.75, 3.05) is 0 Å². The maximum Gasteiger partial charge on any atom is 0.294 e. The Morgan fingerprint density at radius 1 is 0.826 bits per heavy atom. The van der Waals surface area contributed by atoms with Gasteiger partial charge in [-0.25, -0.2) is 0 Å². The van der Waals surface area contributed by atoms with E-state index < -0.39 is 10.1 Å². The van der Waals surface area contributed by atoms with Gasteiger partial charge >= 0.3 is 0 Å².